The Morgan fingerprint density at radius 1 is 0.641 bits per heavy atom. The molecule has 0 radical (unpaired) electrons. The molecule has 4 atom stereocenters. The molecule has 4 rings (SSSR count). The van der Waals surface area contributed by atoms with Gasteiger partial charge in [-0.05, 0) is 113 Å². The smallest absolute Gasteiger partial charge is 0.549 e. The Labute approximate surface area is 404 Å². The van der Waals surface area contributed by atoms with E-state index in [1.54, 1.807) is 46.4 Å². The molecule has 3 saturated heterocycles. The van der Waals surface area contributed by atoms with Crippen molar-refractivity contribution in [2.24, 2.45) is 16.2 Å². The molecular weight excluding hydrogens is 836 g/mol. The number of carboxylic acid groups (broad SMARTS) is 2. The van der Waals surface area contributed by atoms with Crippen LogP contribution in [0, 0.1) is 16.2 Å². The molecule has 0 saturated carbocycles. The zero-order valence-corrected chi connectivity index (χ0v) is 43.4. The molecule has 2 N–H and O–H groups in total. The SMILES string of the molecule is CCC[C@]1(C(=O)O)CCN(C(=O)OC(C)(C)C)C1.CCC[C@]1(C(=O)ON[C@H](C)c2ccccc2)CCN(C(=O)OC(C)(C)C)C1.CCC[C@]1(C(=O)[O-])CCN(C(=O)OC(C)(C)C)C1.[Na+]. The Morgan fingerprint density at radius 3 is 1.36 bits per heavy atom. The molecule has 16 nitrogen and oxygen atoms in total. The first-order chi connectivity index (χ1) is 29.1. The van der Waals surface area contributed by atoms with Crippen molar-refractivity contribution in [3.8, 4) is 0 Å². The Morgan fingerprint density at radius 2 is 0.984 bits per heavy atom. The number of hydroxylamine groups is 1. The maximum atomic E-state index is 12.9. The van der Waals surface area contributed by atoms with Crippen molar-refractivity contribution in [1.29, 1.82) is 0 Å². The average molecular weight is 913 g/mol. The topological polar surface area (TPSA) is 204 Å². The molecule has 0 unspecified atom stereocenters. The first kappa shape index (κ1) is 58.4. The van der Waals surface area contributed by atoms with E-state index in [2.05, 4.69) is 5.48 Å². The van der Waals surface area contributed by atoms with Crippen molar-refractivity contribution in [3.63, 3.8) is 0 Å². The van der Waals surface area contributed by atoms with E-state index in [0.29, 0.717) is 64.7 Å². The van der Waals surface area contributed by atoms with Crippen molar-refractivity contribution in [3.05, 3.63) is 35.9 Å². The number of ether oxygens (including phenoxy) is 3. The van der Waals surface area contributed by atoms with E-state index >= 15 is 0 Å². The zero-order valence-electron chi connectivity index (χ0n) is 41.4. The molecule has 0 bridgehead atoms. The predicted octanol–water partition coefficient (Wildman–Crippen LogP) is 4.89. The number of carboxylic acids is 2. The minimum Gasteiger partial charge on any atom is -0.549 e. The Kier molecular flexibility index (Phi) is 22.6. The van der Waals surface area contributed by atoms with Crippen LogP contribution in [0.1, 0.15) is 159 Å². The molecule has 3 fully saturated rings. The molecule has 1 aromatic carbocycles. The second-order valence-corrected chi connectivity index (χ2v) is 20.3. The van der Waals surface area contributed by atoms with Gasteiger partial charge in [0.15, 0.2) is 0 Å². The number of carbonyl (C=O) groups is 6. The Hall–Kier alpha value is -3.60. The first-order valence-corrected chi connectivity index (χ1v) is 22.5. The van der Waals surface area contributed by atoms with Crippen LogP contribution < -0.4 is 40.1 Å². The summed E-state index contributed by atoms with van der Waals surface area (Å²) in [5, 5.41) is 20.6. The van der Waals surface area contributed by atoms with Crippen LogP contribution in [0.4, 0.5) is 14.4 Å². The quantitative estimate of drug-likeness (QED) is 0.163. The van der Waals surface area contributed by atoms with Gasteiger partial charge in [0.2, 0.25) is 0 Å². The fraction of sp³-hybridized carbons (Fsp3) is 0.745. The van der Waals surface area contributed by atoms with Crippen LogP contribution in [0.3, 0.4) is 0 Å². The monoisotopic (exact) mass is 913 g/mol. The second kappa shape index (κ2) is 24.8. The summed E-state index contributed by atoms with van der Waals surface area (Å²) in [6.45, 7) is 26.3. The van der Waals surface area contributed by atoms with Crippen LogP contribution in [-0.4, -0.2) is 112 Å². The summed E-state index contributed by atoms with van der Waals surface area (Å²) in [7, 11) is 0. The maximum absolute atomic E-state index is 12.9. The zero-order chi connectivity index (χ0) is 48.0. The summed E-state index contributed by atoms with van der Waals surface area (Å²) in [6, 6.07) is 9.69. The minimum absolute atomic E-state index is 0. The second-order valence-electron chi connectivity index (χ2n) is 20.3. The number of hydrogen-bond acceptors (Lipinski definition) is 12. The molecule has 1 aromatic rings. The van der Waals surface area contributed by atoms with Crippen LogP contribution in [-0.2, 0) is 33.4 Å². The van der Waals surface area contributed by atoms with Crippen LogP contribution in [0.25, 0.3) is 0 Å². The number of aliphatic carboxylic acids is 2. The van der Waals surface area contributed by atoms with Crippen molar-refractivity contribution in [2.45, 2.75) is 171 Å². The summed E-state index contributed by atoms with van der Waals surface area (Å²) in [6.07, 6.45) is 4.51. The molecule has 3 aliphatic heterocycles. The number of amides is 3. The molecule has 3 amide bonds. The van der Waals surface area contributed by atoms with Crippen LogP contribution >= 0.6 is 0 Å². The number of hydrogen-bond donors (Lipinski definition) is 2. The van der Waals surface area contributed by atoms with E-state index < -0.39 is 57.2 Å². The number of nitrogens with zero attached hydrogens (tertiary/aromatic N) is 3. The standard InChI is InChI=1S/C21H32N2O4.2C13H23NO4.Na/c1-6-12-21(13-14-23(15-21)19(25)26-20(3,4)5)18(24)27-22-16(2)17-10-8-7-9-11-17;2*1-5-6-13(10(15)16)7-8-14(9-13)11(17)18-12(2,3)4;/h7-11,16,22H,6,12-15H2,1-5H3;2*5-9H2,1-4H3,(H,15,16);/q;;;+1/p-1/t16-,21+;2*13-;/m100./s1. The summed E-state index contributed by atoms with van der Waals surface area (Å²) in [4.78, 5) is 81.7. The van der Waals surface area contributed by atoms with Crippen LogP contribution in [0.15, 0.2) is 30.3 Å². The summed E-state index contributed by atoms with van der Waals surface area (Å²) >= 11 is 0. The molecule has 0 aromatic heterocycles. The molecule has 3 heterocycles. The van der Waals surface area contributed by atoms with Gasteiger partial charge in [0, 0.05) is 50.7 Å². The molecule has 0 aliphatic carbocycles. The van der Waals surface area contributed by atoms with Crippen molar-refractivity contribution < 1.29 is 87.6 Å². The number of carbonyl (C=O) groups excluding carboxylic acids is 5. The van der Waals surface area contributed by atoms with Crippen LogP contribution in [0.2, 0.25) is 0 Å². The third-order valence-corrected chi connectivity index (χ3v) is 11.1. The third kappa shape index (κ3) is 18.0. The average Bonchev–Trinajstić information content (AvgIpc) is 3.93. The van der Waals surface area contributed by atoms with E-state index in [1.807, 2.05) is 78.8 Å². The van der Waals surface area contributed by atoms with Crippen molar-refractivity contribution >= 4 is 36.2 Å². The molecule has 0 spiro atoms. The van der Waals surface area contributed by atoms with Gasteiger partial charge in [-0.1, -0.05) is 70.4 Å². The van der Waals surface area contributed by atoms with Gasteiger partial charge in [-0.3, -0.25) is 4.79 Å². The number of likely N-dealkylation sites (tertiary alicyclic amines) is 3. The fourth-order valence-electron chi connectivity index (χ4n) is 7.99. The molecule has 64 heavy (non-hydrogen) atoms. The Balaban J connectivity index is 0.000000493. The molecule has 17 heteroatoms. The van der Waals surface area contributed by atoms with E-state index in [4.69, 9.17) is 19.0 Å². The number of benzene rings is 1. The number of nitrogens with one attached hydrogen (secondary N) is 1. The van der Waals surface area contributed by atoms with Gasteiger partial charge in [-0.15, -0.1) is 5.48 Å². The van der Waals surface area contributed by atoms with Gasteiger partial charge >= 0.3 is 59.8 Å². The maximum Gasteiger partial charge on any atom is 1.00 e. The predicted molar refractivity (Wildman–Crippen MR) is 236 cm³/mol. The Bertz CT molecular complexity index is 1630. The van der Waals surface area contributed by atoms with Crippen molar-refractivity contribution in [2.75, 3.05) is 39.3 Å². The summed E-state index contributed by atoms with van der Waals surface area (Å²) in [5.41, 5.74) is -0.135. The van der Waals surface area contributed by atoms with Gasteiger partial charge in [0.05, 0.1) is 16.9 Å². The normalized spacial score (nSPS) is 22.4. The van der Waals surface area contributed by atoms with E-state index in [1.165, 1.54) is 9.80 Å². The van der Waals surface area contributed by atoms with Gasteiger partial charge in [-0.25, -0.2) is 19.2 Å². The van der Waals surface area contributed by atoms with E-state index in [9.17, 15) is 39.0 Å². The van der Waals surface area contributed by atoms with Crippen molar-refractivity contribution in [1.82, 2.24) is 20.2 Å². The van der Waals surface area contributed by atoms with Gasteiger partial charge < -0.3 is 48.8 Å². The van der Waals surface area contributed by atoms with Gasteiger partial charge in [0.25, 0.3) is 0 Å². The largest absolute Gasteiger partial charge is 1.00 e. The van der Waals surface area contributed by atoms with Gasteiger partial charge in [0.1, 0.15) is 16.8 Å². The summed E-state index contributed by atoms with van der Waals surface area (Å²) in [5.74, 6) is -2.18. The van der Waals surface area contributed by atoms with E-state index in [0.717, 1.165) is 24.8 Å². The third-order valence-electron chi connectivity index (χ3n) is 11.1. The molecule has 358 valence electrons. The number of rotatable bonds is 12. The minimum atomic E-state index is -1.06. The molecular formula is C47H77N4NaO12. The van der Waals surface area contributed by atoms with Gasteiger partial charge in [-0.2, -0.15) is 0 Å². The van der Waals surface area contributed by atoms with Crippen LogP contribution in [0.5, 0.6) is 0 Å². The fourth-order valence-corrected chi connectivity index (χ4v) is 7.99. The first-order valence-electron chi connectivity index (χ1n) is 22.5. The van der Waals surface area contributed by atoms with E-state index in [-0.39, 0.29) is 60.8 Å². The molecule has 3 aliphatic rings. The summed E-state index contributed by atoms with van der Waals surface area (Å²) < 4.78 is 16.0.